The molecule has 3 N–H and O–H groups in total. The molecule has 0 aromatic carbocycles. The molecule has 0 aliphatic heterocycles. The van der Waals surface area contributed by atoms with Crippen LogP contribution in [-0.4, -0.2) is 46.9 Å². The van der Waals surface area contributed by atoms with Gasteiger partial charge in [-0.05, 0) is 38.5 Å². The second-order valence-corrected chi connectivity index (χ2v) is 15.6. The molecule has 6 heteroatoms. The maximum Gasteiger partial charge on any atom is 0.306 e. The number of ether oxygens (including phenoxy) is 1. The summed E-state index contributed by atoms with van der Waals surface area (Å²) in [4.78, 5) is 25.9. The van der Waals surface area contributed by atoms with Gasteiger partial charge in [0.1, 0.15) is 6.10 Å². The molecule has 0 aliphatic rings. The van der Waals surface area contributed by atoms with Gasteiger partial charge in [-0.2, -0.15) is 0 Å². The molecule has 3 atom stereocenters. The van der Waals surface area contributed by atoms with Gasteiger partial charge in [-0.3, -0.25) is 9.59 Å². The standard InChI is InChI=1S/C49H87NO5/c1-4-7-10-13-16-19-22-24-26-29-32-35-38-41-47(52)46(44-51)50-48(53)43-45(40-37-34-31-28-21-18-15-12-9-6-3)55-49(54)42-39-36-33-30-27-25-23-20-17-14-11-8-5-2/h8,11,14,17,20,23,25,27,30,33,45-47,51-52H,4-7,9-10,12-13,15-16,18-19,21-22,24,26,28-29,31-32,34-44H2,1-3H3,(H,50,53)/b11-8+,17-14+,23-20-,27-25-,33-30+. The summed E-state index contributed by atoms with van der Waals surface area (Å²) in [5.74, 6) is -0.563. The molecule has 0 fully saturated rings. The van der Waals surface area contributed by atoms with Gasteiger partial charge in [0.25, 0.3) is 0 Å². The Morgan fingerprint density at radius 3 is 1.42 bits per heavy atom. The number of hydrogen-bond donors (Lipinski definition) is 3. The van der Waals surface area contributed by atoms with Crippen molar-refractivity contribution < 1.29 is 24.5 Å². The summed E-state index contributed by atoms with van der Waals surface area (Å²) >= 11 is 0. The highest BCUT2D eigenvalue weighted by atomic mass is 16.5. The summed E-state index contributed by atoms with van der Waals surface area (Å²) in [5, 5.41) is 23.6. The zero-order chi connectivity index (χ0) is 40.3. The number of allylic oxidation sites excluding steroid dienone is 10. The van der Waals surface area contributed by atoms with Crippen LogP contribution in [-0.2, 0) is 14.3 Å². The second kappa shape index (κ2) is 42.7. The Labute approximate surface area is 339 Å². The fourth-order valence-corrected chi connectivity index (χ4v) is 6.75. The van der Waals surface area contributed by atoms with Crippen LogP contribution in [0.15, 0.2) is 60.8 Å². The van der Waals surface area contributed by atoms with E-state index in [2.05, 4.69) is 32.2 Å². The van der Waals surface area contributed by atoms with Crippen LogP contribution in [0, 0.1) is 0 Å². The minimum atomic E-state index is -0.798. The van der Waals surface area contributed by atoms with Crippen molar-refractivity contribution in [1.82, 2.24) is 5.32 Å². The van der Waals surface area contributed by atoms with Crippen molar-refractivity contribution in [2.24, 2.45) is 0 Å². The Morgan fingerprint density at radius 1 is 0.545 bits per heavy atom. The summed E-state index contributed by atoms with van der Waals surface area (Å²) in [5.41, 5.74) is 0. The predicted molar refractivity (Wildman–Crippen MR) is 236 cm³/mol. The third-order valence-corrected chi connectivity index (χ3v) is 10.2. The molecule has 3 unspecified atom stereocenters. The van der Waals surface area contributed by atoms with E-state index >= 15 is 0 Å². The quantitative estimate of drug-likeness (QED) is 0.0328. The first-order chi connectivity index (χ1) is 27.0. The van der Waals surface area contributed by atoms with E-state index in [0.29, 0.717) is 25.7 Å². The first kappa shape index (κ1) is 52.6. The van der Waals surface area contributed by atoms with E-state index in [4.69, 9.17) is 4.74 Å². The number of carbonyl (C=O) groups excluding carboxylic acids is 2. The number of carbonyl (C=O) groups is 2. The van der Waals surface area contributed by atoms with Gasteiger partial charge in [0.15, 0.2) is 0 Å². The molecule has 6 nitrogen and oxygen atoms in total. The highest BCUT2D eigenvalue weighted by molar-refractivity contribution is 5.77. The van der Waals surface area contributed by atoms with E-state index in [1.54, 1.807) is 0 Å². The number of aliphatic hydroxyl groups excluding tert-OH is 2. The Bertz CT molecular complexity index is 999. The molecule has 0 aliphatic carbocycles. The number of nitrogens with one attached hydrogen (secondary N) is 1. The number of esters is 1. The largest absolute Gasteiger partial charge is 0.462 e. The zero-order valence-corrected chi connectivity index (χ0v) is 36.0. The fourth-order valence-electron chi connectivity index (χ4n) is 6.75. The molecular formula is C49H87NO5. The minimum Gasteiger partial charge on any atom is -0.462 e. The molecule has 318 valence electrons. The van der Waals surface area contributed by atoms with E-state index in [9.17, 15) is 19.8 Å². The van der Waals surface area contributed by atoms with Crippen LogP contribution in [0.5, 0.6) is 0 Å². The van der Waals surface area contributed by atoms with Gasteiger partial charge in [0.05, 0.1) is 25.2 Å². The van der Waals surface area contributed by atoms with Crippen molar-refractivity contribution in [3.05, 3.63) is 60.8 Å². The van der Waals surface area contributed by atoms with Crippen molar-refractivity contribution in [2.75, 3.05) is 6.61 Å². The van der Waals surface area contributed by atoms with Crippen LogP contribution in [0.3, 0.4) is 0 Å². The number of hydrogen-bond acceptors (Lipinski definition) is 5. The lowest BCUT2D eigenvalue weighted by Gasteiger charge is -2.24. The van der Waals surface area contributed by atoms with Crippen molar-refractivity contribution in [2.45, 2.75) is 232 Å². The van der Waals surface area contributed by atoms with Gasteiger partial charge < -0.3 is 20.3 Å². The van der Waals surface area contributed by atoms with Crippen molar-refractivity contribution in [1.29, 1.82) is 0 Å². The van der Waals surface area contributed by atoms with Crippen LogP contribution in [0.1, 0.15) is 213 Å². The van der Waals surface area contributed by atoms with Crippen LogP contribution in [0.2, 0.25) is 0 Å². The number of unbranched alkanes of at least 4 members (excludes halogenated alkanes) is 22. The fraction of sp³-hybridized carbons (Fsp3) is 0.755. The van der Waals surface area contributed by atoms with E-state index < -0.39 is 18.2 Å². The predicted octanol–water partition coefficient (Wildman–Crippen LogP) is 13.3. The average molecular weight is 770 g/mol. The summed E-state index contributed by atoms with van der Waals surface area (Å²) in [6.07, 6.45) is 51.4. The summed E-state index contributed by atoms with van der Waals surface area (Å²) < 4.78 is 5.86. The topological polar surface area (TPSA) is 95.9 Å². The Hall–Kier alpha value is -2.44. The molecule has 0 radical (unpaired) electrons. The molecule has 0 saturated heterocycles. The lowest BCUT2D eigenvalue weighted by atomic mass is 10.0. The molecule has 1 amide bonds. The number of amides is 1. The normalized spacial score (nSPS) is 13.9. The molecule has 0 heterocycles. The number of rotatable bonds is 40. The average Bonchev–Trinajstić information content (AvgIpc) is 3.18. The van der Waals surface area contributed by atoms with E-state index in [1.165, 1.54) is 109 Å². The van der Waals surface area contributed by atoms with Crippen LogP contribution >= 0.6 is 0 Å². The Morgan fingerprint density at radius 2 is 0.964 bits per heavy atom. The monoisotopic (exact) mass is 770 g/mol. The first-order valence-corrected chi connectivity index (χ1v) is 23.1. The molecule has 55 heavy (non-hydrogen) atoms. The SMILES string of the molecule is CC/C=C/C=C/C=C\C=C/C=C/CCCC(=O)OC(CCCCCCCCCCCC)CC(=O)NC(CO)C(O)CCCCCCCCCCCCCCC. The summed E-state index contributed by atoms with van der Waals surface area (Å²) in [7, 11) is 0. The molecule has 0 spiro atoms. The molecule has 0 aromatic heterocycles. The van der Waals surface area contributed by atoms with Crippen molar-refractivity contribution in [3.63, 3.8) is 0 Å². The van der Waals surface area contributed by atoms with E-state index in [-0.39, 0.29) is 24.9 Å². The lowest BCUT2D eigenvalue weighted by Crippen LogP contribution is -2.46. The van der Waals surface area contributed by atoms with Crippen LogP contribution in [0.4, 0.5) is 0 Å². The van der Waals surface area contributed by atoms with Crippen LogP contribution in [0.25, 0.3) is 0 Å². The Balaban J connectivity index is 4.65. The van der Waals surface area contributed by atoms with Crippen molar-refractivity contribution in [3.8, 4) is 0 Å². The molecular weight excluding hydrogens is 683 g/mol. The maximum absolute atomic E-state index is 13.1. The molecule has 0 saturated carbocycles. The summed E-state index contributed by atoms with van der Waals surface area (Å²) in [6.45, 7) is 6.30. The minimum absolute atomic E-state index is 0.0490. The van der Waals surface area contributed by atoms with Gasteiger partial charge in [-0.1, -0.05) is 223 Å². The lowest BCUT2D eigenvalue weighted by molar-refractivity contribution is -0.151. The van der Waals surface area contributed by atoms with Gasteiger partial charge in [-0.15, -0.1) is 0 Å². The highest BCUT2D eigenvalue weighted by Crippen LogP contribution is 2.17. The summed E-state index contributed by atoms with van der Waals surface area (Å²) in [6, 6.07) is -0.714. The van der Waals surface area contributed by atoms with Gasteiger partial charge in [0, 0.05) is 6.42 Å². The van der Waals surface area contributed by atoms with E-state index in [1.807, 2.05) is 54.7 Å². The van der Waals surface area contributed by atoms with Gasteiger partial charge in [0.2, 0.25) is 5.91 Å². The third kappa shape index (κ3) is 38.2. The number of aliphatic hydroxyl groups is 2. The van der Waals surface area contributed by atoms with E-state index in [0.717, 1.165) is 51.4 Å². The highest BCUT2D eigenvalue weighted by Gasteiger charge is 2.24. The van der Waals surface area contributed by atoms with Gasteiger partial charge in [-0.25, -0.2) is 0 Å². The third-order valence-electron chi connectivity index (χ3n) is 10.2. The smallest absolute Gasteiger partial charge is 0.306 e. The van der Waals surface area contributed by atoms with Crippen LogP contribution < -0.4 is 5.32 Å². The second-order valence-electron chi connectivity index (χ2n) is 15.6. The maximum atomic E-state index is 13.1. The van der Waals surface area contributed by atoms with Crippen molar-refractivity contribution >= 4 is 11.9 Å². The Kier molecular flexibility index (Phi) is 40.8. The first-order valence-electron chi connectivity index (χ1n) is 23.1. The van der Waals surface area contributed by atoms with Gasteiger partial charge >= 0.3 is 5.97 Å². The molecule has 0 bridgehead atoms. The molecule has 0 aromatic rings. The molecule has 0 rings (SSSR count). The zero-order valence-electron chi connectivity index (χ0n) is 36.0.